The van der Waals surface area contributed by atoms with Gasteiger partial charge < -0.3 is 14.4 Å². The number of rotatable bonds is 9. The van der Waals surface area contributed by atoms with Gasteiger partial charge in [-0.05, 0) is 31.4 Å². The van der Waals surface area contributed by atoms with Gasteiger partial charge in [0.2, 0.25) is 0 Å². The Kier molecular flexibility index (Phi) is 8.05. The standard InChI is InChI=1S/C18H25NO4/c1-5-6-11-23-15(3)18(21)19(13-17(20)22-4)12-16-10-8-7-9-14(16)2/h5,7-10,15H,1,6,11-13H2,2-4H3. The van der Waals surface area contributed by atoms with Crippen molar-refractivity contribution in [3.8, 4) is 0 Å². The van der Waals surface area contributed by atoms with Crippen molar-refractivity contribution in [1.29, 1.82) is 0 Å². The molecule has 1 unspecified atom stereocenters. The predicted molar refractivity (Wildman–Crippen MR) is 88.8 cm³/mol. The van der Waals surface area contributed by atoms with Crippen molar-refractivity contribution in [2.45, 2.75) is 32.9 Å². The molecule has 5 nitrogen and oxygen atoms in total. The van der Waals surface area contributed by atoms with Gasteiger partial charge in [-0.1, -0.05) is 30.3 Å². The van der Waals surface area contributed by atoms with Crippen LogP contribution in [0.1, 0.15) is 24.5 Å². The summed E-state index contributed by atoms with van der Waals surface area (Å²) in [5.41, 5.74) is 2.05. The first-order chi connectivity index (χ1) is 11.0. The van der Waals surface area contributed by atoms with Crippen molar-refractivity contribution in [2.24, 2.45) is 0 Å². The summed E-state index contributed by atoms with van der Waals surface area (Å²) in [6, 6.07) is 7.76. The molecule has 0 aromatic heterocycles. The van der Waals surface area contributed by atoms with Gasteiger partial charge in [-0.15, -0.1) is 6.58 Å². The van der Waals surface area contributed by atoms with Gasteiger partial charge in [-0.2, -0.15) is 0 Å². The first-order valence-electron chi connectivity index (χ1n) is 7.62. The maximum absolute atomic E-state index is 12.6. The Labute approximate surface area is 137 Å². The fraction of sp³-hybridized carbons (Fsp3) is 0.444. The number of benzene rings is 1. The Bertz CT molecular complexity index is 542. The largest absolute Gasteiger partial charge is 0.468 e. The van der Waals surface area contributed by atoms with Crippen molar-refractivity contribution in [3.05, 3.63) is 48.0 Å². The summed E-state index contributed by atoms with van der Waals surface area (Å²) in [5.74, 6) is -0.687. The minimum atomic E-state index is -0.622. The molecule has 0 N–H and O–H groups in total. The molecule has 0 aliphatic rings. The third kappa shape index (κ3) is 6.24. The van der Waals surface area contributed by atoms with Crippen LogP contribution in [-0.4, -0.2) is 43.1 Å². The number of carbonyl (C=O) groups is 2. The fourth-order valence-corrected chi connectivity index (χ4v) is 2.08. The average molecular weight is 319 g/mol. The molecule has 1 aromatic carbocycles. The Hall–Kier alpha value is -2.14. The molecule has 1 amide bonds. The normalized spacial score (nSPS) is 11.6. The minimum absolute atomic E-state index is 0.0984. The maximum atomic E-state index is 12.6. The van der Waals surface area contributed by atoms with Crippen LogP contribution in [-0.2, 0) is 25.6 Å². The van der Waals surface area contributed by atoms with Crippen LogP contribution in [0.3, 0.4) is 0 Å². The molecule has 0 bridgehead atoms. The van der Waals surface area contributed by atoms with Gasteiger partial charge in [0.15, 0.2) is 0 Å². The van der Waals surface area contributed by atoms with Gasteiger partial charge in [-0.25, -0.2) is 0 Å². The number of ether oxygens (including phenoxy) is 2. The molecule has 126 valence electrons. The Morgan fingerprint density at radius 2 is 2.04 bits per heavy atom. The van der Waals surface area contributed by atoms with E-state index in [4.69, 9.17) is 9.47 Å². The van der Waals surface area contributed by atoms with E-state index >= 15 is 0 Å². The van der Waals surface area contributed by atoms with Gasteiger partial charge >= 0.3 is 5.97 Å². The second-order valence-electron chi connectivity index (χ2n) is 5.29. The van der Waals surface area contributed by atoms with Crippen LogP contribution in [0.2, 0.25) is 0 Å². The minimum Gasteiger partial charge on any atom is -0.468 e. The second-order valence-corrected chi connectivity index (χ2v) is 5.29. The first kappa shape index (κ1) is 18.9. The lowest BCUT2D eigenvalue weighted by Crippen LogP contribution is -2.42. The van der Waals surface area contributed by atoms with Crippen molar-refractivity contribution in [1.82, 2.24) is 4.90 Å². The summed E-state index contributed by atoms with van der Waals surface area (Å²) in [6.07, 6.45) is 1.78. The number of aryl methyl sites for hydroxylation is 1. The summed E-state index contributed by atoms with van der Waals surface area (Å²) >= 11 is 0. The molecule has 0 aliphatic heterocycles. The Morgan fingerprint density at radius 1 is 1.35 bits per heavy atom. The number of hydrogen-bond acceptors (Lipinski definition) is 4. The highest BCUT2D eigenvalue weighted by Crippen LogP contribution is 2.12. The predicted octanol–water partition coefficient (Wildman–Crippen LogP) is 2.48. The Balaban J connectivity index is 2.82. The second kappa shape index (κ2) is 9.79. The van der Waals surface area contributed by atoms with Gasteiger partial charge in [0.1, 0.15) is 12.6 Å². The van der Waals surface area contributed by atoms with Crippen LogP contribution in [0.4, 0.5) is 0 Å². The van der Waals surface area contributed by atoms with Gasteiger partial charge in [0, 0.05) is 6.54 Å². The zero-order valence-electron chi connectivity index (χ0n) is 14.1. The van der Waals surface area contributed by atoms with E-state index < -0.39 is 12.1 Å². The molecule has 0 saturated carbocycles. The lowest BCUT2D eigenvalue weighted by atomic mass is 10.1. The van der Waals surface area contributed by atoms with E-state index in [1.54, 1.807) is 13.0 Å². The summed E-state index contributed by atoms with van der Waals surface area (Å²) in [6.45, 7) is 7.95. The van der Waals surface area contributed by atoms with E-state index in [0.717, 1.165) is 11.1 Å². The summed E-state index contributed by atoms with van der Waals surface area (Å²) in [5, 5.41) is 0. The molecular formula is C18H25NO4. The number of esters is 1. The number of methoxy groups -OCH3 is 1. The lowest BCUT2D eigenvalue weighted by Gasteiger charge is -2.25. The molecular weight excluding hydrogens is 294 g/mol. The number of carbonyl (C=O) groups excluding carboxylic acids is 2. The van der Waals surface area contributed by atoms with Gasteiger partial charge in [0.05, 0.1) is 13.7 Å². The molecule has 0 heterocycles. The topological polar surface area (TPSA) is 55.8 Å². The number of hydrogen-bond donors (Lipinski definition) is 0. The zero-order chi connectivity index (χ0) is 17.2. The van der Waals surface area contributed by atoms with Crippen molar-refractivity contribution >= 4 is 11.9 Å². The van der Waals surface area contributed by atoms with Crippen molar-refractivity contribution < 1.29 is 19.1 Å². The van der Waals surface area contributed by atoms with E-state index in [0.29, 0.717) is 19.6 Å². The molecule has 0 saturated heterocycles. The maximum Gasteiger partial charge on any atom is 0.325 e. The van der Waals surface area contributed by atoms with Crippen LogP contribution < -0.4 is 0 Å². The van der Waals surface area contributed by atoms with Crippen LogP contribution in [0, 0.1) is 6.92 Å². The van der Waals surface area contributed by atoms with E-state index in [2.05, 4.69) is 6.58 Å². The smallest absolute Gasteiger partial charge is 0.325 e. The third-order valence-electron chi connectivity index (χ3n) is 3.52. The van der Waals surface area contributed by atoms with Crippen LogP contribution >= 0.6 is 0 Å². The van der Waals surface area contributed by atoms with Gasteiger partial charge in [-0.3, -0.25) is 9.59 Å². The quantitative estimate of drug-likeness (QED) is 0.399. The first-order valence-corrected chi connectivity index (χ1v) is 7.62. The lowest BCUT2D eigenvalue weighted by molar-refractivity contribution is -0.152. The fourth-order valence-electron chi connectivity index (χ4n) is 2.08. The van der Waals surface area contributed by atoms with E-state index in [9.17, 15) is 9.59 Å². The molecule has 1 rings (SSSR count). The van der Waals surface area contributed by atoms with E-state index in [1.165, 1.54) is 12.0 Å². The SMILES string of the molecule is C=CCCOC(C)C(=O)N(CC(=O)OC)Cc1ccccc1C. The summed E-state index contributed by atoms with van der Waals surface area (Å²) in [4.78, 5) is 25.7. The highest BCUT2D eigenvalue weighted by molar-refractivity contribution is 5.84. The van der Waals surface area contributed by atoms with Crippen LogP contribution in [0.15, 0.2) is 36.9 Å². The van der Waals surface area contributed by atoms with Crippen LogP contribution in [0.5, 0.6) is 0 Å². The molecule has 1 atom stereocenters. The third-order valence-corrected chi connectivity index (χ3v) is 3.52. The summed E-state index contributed by atoms with van der Waals surface area (Å²) in [7, 11) is 1.31. The van der Waals surface area contributed by atoms with E-state index in [1.807, 2.05) is 31.2 Å². The van der Waals surface area contributed by atoms with Crippen molar-refractivity contribution in [3.63, 3.8) is 0 Å². The molecule has 0 radical (unpaired) electrons. The molecule has 1 aromatic rings. The molecule has 0 fully saturated rings. The monoisotopic (exact) mass is 319 g/mol. The molecule has 0 spiro atoms. The number of amides is 1. The number of nitrogens with zero attached hydrogens (tertiary/aromatic N) is 1. The highest BCUT2D eigenvalue weighted by Gasteiger charge is 2.24. The molecule has 23 heavy (non-hydrogen) atoms. The van der Waals surface area contributed by atoms with E-state index in [-0.39, 0.29) is 12.5 Å². The molecule has 0 aliphatic carbocycles. The summed E-state index contributed by atoms with van der Waals surface area (Å²) < 4.78 is 10.2. The average Bonchev–Trinajstić information content (AvgIpc) is 2.55. The highest BCUT2D eigenvalue weighted by atomic mass is 16.5. The van der Waals surface area contributed by atoms with Crippen LogP contribution in [0.25, 0.3) is 0 Å². The van der Waals surface area contributed by atoms with Gasteiger partial charge in [0.25, 0.3) is 5.91 Å². The zero-order valence-corrected chi connectivity index (χ0v) is 14.1. The van der Waals surface area contributed by atoms with Crippen molar-refractivity contribution in [2.75, 3.05) is 20.3 Å². The molecule has 5 heteroatoms. The Morgan fingerprint density at radius 3 is 2.65 bits per heavy atom.